The van der Waals surface area contributed by atoms with Crippen molar-refractivity contribution >= 4 is 5.91 Å². The molecule has 0 aliphatic heterocycles. The van der Waals surface area contributed by atoms with Gasteiger partial charge in [-0.1, -0.05) is 12.1 Å². The van der Waals surface area contributed by atoms with Crippen molar-refractivity contribution in [2.45, 2.75) is 33.7 Å². The van der Waals surface area contributed by atoms with Gasteiger partial charge in [0, 0.05) is 18.0 Å². The maximum absolute atomic E-state index is 11.6. The molecule has 1 unspecified atom stereocenters. The van der Waals surface area contributed by atoms with Crippen LogP contribution in [0.4, 0.5) is 0 Å². The molecule has 1 rings (SSSR count). The van der Waals surface area contributed by atoms with Crippen molar-refractivity contribution in [1.29, 1.82) is 0 Å². The van der Waals surface area contributed by atoms with E-state index in [1.165, 1.54) is 0 Å². The van der Waals surface area contributed by atoms with Gasteiger partial charge >= 0.3 is 0 Å². The minimum Gasteiger partial charge on any atom is -0.361 e. The van der Waals surface area contributed by atoms with Crippen LogP contribution in [-0.2, 0) is 11.3 Å². The van der Waals surface area contributed by atoms with E-state index >= 15 is 0 Å². The van der Waals surface area contributed by atoms with E-state index in [9.17, 15) is 4.79 Å². The lowest BCUT2D eigenvalue weighted by Gasteiger charge is -2.10. The number of amides is 1. The molecular formula is C11H19N3O2. The standard InChI is InChI=1S/C11H19N3O2/c1-7(4-5-12)11(15)13-6-10-8(2)14-16-9(10)3/h7H,4-6,12H2,1-3H3,(H,13,15). The lowest BCUT2D eigenvalue weighted by molar-refractivity contribution is -0.124. The summed E-state index contributed by atoms with van der Waals surface area (Å²) >= 11 is 0. The molecule has 0 aromatic carbocycles. The van der Waals surface area contributed by atoms with Crippen molar-refractivity contribution < 1.29 is 9.32 Å². The third kappa shape index (κ3) is 3.06. The Balaban J connectivity index is 2.49. The number of hydrogen-bond donors (Lipinski definition) is 2. The van der Waals surface area contributed by atoms with Crippen molar-refractivity contribution in [2.75, 3.05) is 6.54 Å². The first-order valence-electron chi connectivity index (χ1n) is 5.45. The number of nitrogens with two attached hydrogens (primary N) is 1. The third-order valence-electron chi connectivity index (χ3n) is 2.67. The highest BCUT2D eigenvalue weighted by atomic mass is 16.5. The fraction of sp³-hybridized carbons (Fsp3) is 0.636. The van der Waals surface area contributed by atoms with Crippen LogP contribution in [0.1, 0.15) is 30.4 Å². The molecule has 1 amide bonds. The SMILES string of the molecule is Cc1noc(C)c1CNC(=O)C(C)CCN. The topological polar surface area (TPSA) is 81.2 Å². The molecule has 3 N–H and O–H groups in total. The van der Waals surface area contributed by atoms with Crippen LogP contribution < -0.4 is 11.1 Å². The molecule has 0 fully saturated rings. The molecule has 0 spiro atoms. The van der Waals surface area contributed by atoms with Gasteiger partial charge in [-0.2, -0.15) is 0 Å². The van der Waals surface area contributed by atoms with E-state index in [0.29, 0.717) is 19.5 Å². The molecule has 1 heterocycles. The quantitative estimate of drug-likeness (QED) is 0.779. The van der Waals surface area contributed by atoms with Gasteiger partial charge in [0.15, 0.2) is 0 Å². The van der Waals surface area contributed by atoms with Crippen molar-refractivity contribution in [3.8, 4) is 0 Å². The highest BCUT2D eigenvalue weighted by Gasteiger charge is 2.14. The molecule has 0 radical (unpaired) electrons. The van der Waals surface area contributed by atoms with Gasteiger partial charge in [-0.3, -0.25) is 4.79 Å². The Morgan fingerprint density at radius 1 is 1.56 bits per heavy atom. The Hall–Kier alpha value is -1.36. The first-order chi connectivity index (χ1) is 7.56. The predicted octanol–water partition coefficient (Wildman–Crippen LogP) is 0.893. The number of rotatable bonds is 5. The Morgan fingerprint density at radius 2 is 2.25 bits per heavy atom. The van der Waals surface area contributed by atoms with Gasteiger partial charge in [-0.05, 0) is 26.8 Å². The summed E-state index contributed by atoms with van der Waals surface area (Å²) in [6.45, 7) is 6.57. The average Bonchev–Trinajstić information content (AvgIpc) is 2.56. The van der Waals surface area contributed by atoms with E-state index < -0.39 is 0 Å². The van der Waals surface area contributed by atoms with Gasteiger partial charge in [0.25, 0.3) is 0 Å². The Kier molecular flexibility index (Phi) is 4.49. The molecule has 0 saturated heterocycles. The molecule has 0 aliphatic rings. The van der Waals surface area contributed by atoms with Crippen LogP contribution in [-0.4, -0.2) is 17.6 Å². The monoisotopic (exact) mass is 225 g/mol. The highest BCUT2D eigenvalue weighted by Crippen LogP contribution is 2.11. The fourth-order valence-electron chi connectivity index (χ4n) is 1.49. The van der Waals surface area contributed by atoms with E-state index in [0.717, 1.165) is 17.0 Å². The molecule has 5 heteroatoms. The Labute approximate surface area is 95.4 Å². The summed E-state index contributed by atoms with van der Waals surface area (Å²) in [4.78, 5) is 11.6. The molecule has 90 valence electrons. The van der Waals surface area contributed by atoms with Gasteiger partial charge in [0.2, 0.25) is 5.91 Å². The van der Waals surface area contributed by atoms with Crippen LogP contribution in [0.5, 0.6) is 0 Å². The lowest BCUT2D eigenvalue weighted by Crippen LogP contribution is -2.30. The number of hydrogen-bond acceptors (Lipinski definition) is 4. The molecule has 0 bridgehead atoms. The van der Waals surface area contributed by atoms with Crippen LogP contribution in [0.25, 0.3) is 0 Å². The summed E-state index contributed by atoms with van der Waals surface area (Å²) in [7, 11) is 0. The highest BCUT2D eigenvalue weighted by molar-refractivity contribution is 5.78. The van der Waals surface area contributed by atoms with E-state index in [1.807, 2.05) is 20.8 Å². The van der Waals surface area contributed by atoms with E-state index in [2.05, 4.69) is 10.5 Å². The second-order valence-electron chi connectivity index (χ2n) is 4.00. The van der Waals surface area contributed by atoms with Crippen LogP contribution in [0.2, 0.25) is 0 Å². The summed E-state index contributed by atoms with van der Waals surface area (Å²) in [6.07, 6.45) is 0.702. The second kappa shape index (κ2) is 5.65. The van der Waals surface area contributed by atoms with E-state index in [1.54, 1.807) is 0 Å². The zero-order valence-electron chi connectivity index (χ0n) is 10.0. The van der Waals surface area contributed by atoms with Crippen LogP contribution in [0.3, 0.4) is 0 Å². The van der Waals surface area contributed by atoms with Crippen molar-refractivity contribution in [1.82, 2.24) is 10.5 Å². The number of nitrogens with zero attached hydrogens (tertiary/aromatic N) is 1. The maximum Gasteiger partial charge on any atom is 0.223 e. The van der Waals surface area contributed by atoms with Crippen LogP contribution in [0, 0.1) is 19.8 Å². The molecule has 1 aromatic heterocycles. The third-order valence-corrected chi connectivity index (χ3v) is 2.67. The van der Waals surface area contributed by atoms with E-state index in [-0.39, 0.29) is 11.8 Å². The van der Waals surface area contributed by atoms with Gasteiger partial charge in [-0.25, -0.2) is 0 Å². The molecule has 0 saturated carbocycles. The lowest BCUT2D eigenvalue weighted by atomic mass is 10.1. The number of carbonyl (C=O) groups is 1. The van der Waals surface area contributed by atoms with E-state index in [4.69, 9.17) is 10.3 Å². The molecule has 1 aromatic rings. The predicted molar refractivity (Wildman–Crippen MR) is 60.7 cm³/mol. The first kappa shape index (κ1) is 12.7. The largest absolute Gasteiger partial charge is 0.361 e. The van der Waals surface area contributed by atoms with Gasteiger partial charge in [-0.15, -0.1) is 0 Å². The molecule has 5 nitrogen and oxygen atoms in total. The minimum absolute atomic E-state index is 0.0189. The molecule has 0 aliphatic carbocycles. The average molecular weight is 225 g/mol. The zero-order valence-corrected chi connectivity index (χ0v) is 10.0. The first-order valence-corrected chi connectivity index (χ1v) is 5.45. The summed E-state index contributed by atoms with van der Waals surface area (Å²) in [6, 6.07) is 0. The zero-order chi connectivity index (χ0) is 12.1. The maximum atomic E-state index is 11.6. The van der Waals surface area contributed by atoms with Crippen molar-refractivity contribution in [2.24, 2.45) is 11.7 Å². The number of aryl methyl sites for hydroxylation is 2. The molecule has 1 atom stereocenters. The number of nitrogens with one attached hydrogen (secondary N) is 1. The Morgan fingerprint density at radius 3 is 2.75 bits per heavy atom. The summed E-state index contributed by atoms with van der Waals surface area (Å²) in [5.41, 5.74) is 7.18. The van der Waals surface area contributed by atoms with Gasteiger partial charge < -0.3 is 15.6 Å². The Bertz CT molecular complexity index is 341. The number of aromatic nitrogens is 1. The normalized spacial score (nSPS) is 12.5. The smallest absolute Gasteiger partial charge is 0.223 e. The number of carbonyl (C=O) groups excluding carboxylic acids is 1. The fourth-order valence-corrected chi connectivity index (χ4v) is 1.49. The minimum atomic E-state index is -0.0505. The summed E-state index contributed by atoms with van der Waals surface area (Å²) < 4.78 is 5.01. The van der Waals surface area contributed by atoms with Crippen molar-refractivity contribution in [3.05, 3.63) is 17.0 Å². The molecular weight excluding hydrogens is 206 g/mol. The second-order valence-corrected chi connectivity index (χ2v) is 4.00. The molecule has 16 heavy (non-hydrogen) atoms. The summed E-state index contributed by atoms with van der Waals surface area (Å²) in [5, 5.41) is 6.69. The summed E-state index contributed by atoms with van der Waals surface area (Å²) in [5.74, 6) is 0.722. The van der Waals surface area contributed by atoms with Crippen LogP contribution in [0.15, 0.2) is 4.52 Å². The van der Waals surface area contributed by atoms with Crippen LogP contribution >= 0.6 is 0 Å². The van der Waals surface area contributed by atoms with Gasteiger partial charge in [0.05, 0.1) is 5.69 Å². The van der Waals surface area contributed by atoms with Crippen molar-refractivity contribution in [3.63, 3.8) is 0 Å². The van der Waals surface area contributed by atoms with Gasteiger partial charge in [0.1, 0.15) is 5.76 Å².